The maximum Gasteiger partial charge on any atom is 0.193 e. The Kier molecular flexibility index (Phi) is 3.12. The van der Waals surface area contributed by atoms with Gasteiger partial charge >= 0.3 is 0 Å². The maximum absolute atomic E-state index is 12.7. The zero-order valence-corrected chi connectivity index (χ0v) is 12.0. The molecule has 2 aliphatic rings. The van der Waals surface area contributed by atoms with Crippen LogP contribution in [0.4, 0.5) is 0 Å². The van der Waals surface area contributed by atoms with Gasteiger partial charge in [-0.3, -0.25) is 4.79 Å². The third kappa shape index (κ3) is 2.30. The van der Waals surface area contributed by atoms with Gasteiger partial charge in [0.2, 0.25) is 0 Å². The summed E-state index contributed by atoms with van der Waals surface area (Å²) in [4.78, 5) is 12.7. The molecule has 1 aliphatic carbocycles. The Labute approximate surface area is 124 Å². The number of rotatable bonds is 3. The van der Waals surface area contributed by atoms with Crippen LogP contribution in [-0.4, -0.2) is 5.78 Å². The van der Waals surface area contributed by atoms with Gasteiger partial charge in [-0.1, -0.05) is 36.8 Å². The standard InChI is InChI=1S/C19H18O2/c20-19(16-7-8-17-11-21-12-18(17)10-16)15-6-2-5-14(9-15)13-3-1-4-13/h2,5-10,13H,1,3-4,11-12H2. The van der Waals surface area contributed by atoms with Crippen LogP contribution in [0.15, 0.2) is 42.5 Å². The lowest BCUT2D eigenvalue weighted by Gasteiger charge is -2.26. The van der Waals surface area contributed by atoms with E-state index in [0.29, 0.717) is 19.1 Å². The fourth-order valence-corrected chi connectivity index (χ4v) is 3.16. The first-order chi connectivity index (χ1) is 10.3. The van der Waals surface area contributed by atoms with Crippen molar-refractivity contribution in [3.63, 3.8) is 0 Å². The van der Waals surface area contributed by atoms with E-state index in [1.807, 2.05) is 30.3 Å². The third-order valence-electron chi connectivity index (χ3n) is 4.71. The van der Waals surface area contributed by atoms with Gasteiger partial charge in [-0.25, -0.2) is 0 Å². The van der Waals surface area contributed by atoms with E-state index in [2.05, 4.69) is 12.1 Å². The minimum Gasteiger partial charge on any atom is -0.372 e. The molecule has 1 saturated carbocycles. The molecule has 0 saturated heterocycles. The normalized spacial score (nSPS) is 17.3. The van der Waals surface area contributed by atoms with Crippen LogP contribution in [0.3, 0.4) is 0 Å². The number of fused-ring (bicyclic) bond motifs is 1. The SMILES string of the molecule is O=C(c1cccc(C2CCC2)c1)c1ccc2c(c1)COC2. The molecule has 4 rings (SSSR count). The molecule has 2 nitrogen and oxygen atoms in total. The van der Waals surface area contributed by atoms with Gasteiger partial charge in [0, 0.05) is 11.1 Å². The van der Waals surface area contributed by atoms with E-state index in [9.17, 15) is 4.79 Å². The summed E-state index contributed by atoms with van der Waals surface area (Å²) in [7, 11) is 0. The van der Waals surface area contributed by atoms with Crippen LogP contribution in [0.25, 0.3) is 0 Å². The van der Waals surface area contributed by atoms with Crippen LogP contribution in [-0.2, 0) is 18.0 Å². The van der Waals surface area contributed by atoms with Crippen LogP contribution in [0.2, 0.25) is 0 Å². The molecule has 0 N–H and O–H groups in total. The highest BCUT2D eigenvalue weighted by Crippen LogP contribution is 2.36. The predicted molar refractivity (Wildman–Crippen MR) is 81.4 cm³/mol. The molecule has 2 heteroatoms. The minimum absolute atomic E-state index is 0.117. The number of hydrogen-bond donors (Lipinski definition) is 0. The molecule has 21 heavy (non-hydrogen) atoms. The second-order valence-electron chi connectivity index (χ2n) is 6.06. The lowest BCUT2D eigenvalue weighted by atomic mass is 9.79. The van der Waals surface area contributed by atoms with E-state index in [0.717, 1.165) is 16.7 Å². The van der Waals surface area contributed by atoms with Crippen LogP contribution in [0.1, 0.15) is 57.8 Å². The summed E-state index contributed by atoms with van der Waals surface area (Å²) in [6.45, 7) is 1.29. The first-order valence-corrected chi connectivity index (χ1v) is 7.65. The molecule has 0 spiro atoms. The molecular weight excluding hydrogens is 260 g/mol. The Morgan fingerprint density at radius 2 is 1.76 bits per heavy atom. The van der Waals surface area contributed by atoms with E-state index in [1.165, 1.54) is 30.4 Å². The molecule has 2 aromatic carbocycles. The average molecular weight is 278 g/mol. The number of carbonyl (C=O) groups is 1. The lowest BCUT2D eigenvalue weighted by Crippen LogP contribution is -2.10. The first kappa shape index (κ1) is 12.8. The van der Waals surface area contributed by atoms with Gasteiger partial charge in [0.05, 0.1) is 13.2 Å². The second-order valence-corrected chi connectivity index (χ2v) is 6.06. The molecule has 0 atom stereocenters. The fourth-order valence-electron chi connectivity index (χ4n) is 3.16. The van der Waals surface area contributed by atoms with Crippen LogP contribution in [0, 0.1) is 0 Å². The van der Waals surface area contributed by atoms with Crippen molar-refractivity contribution in [3.05, 3.63) is 70.3 Å². The zero-order chi connectivity index (χ0) is 14.2. The molecular formula is C19H18O2. The second kappa shape index (κ2) is 5.12. The Morgan fingerprint density at radius 1 is 0.952 bits per heavy atom. The Balaban J connectivity index is 1.65. The topological polar surface area (TPSA) is 26.3 Å². The lowest BCUT2D eigenvalue weighted by molar-refractivity contribution is 0.103. The summed E-state index contributed by atoms with van der Waals surface area (Å²) in [5, 5.41) is 0. The van der Waals surface area contributed by atoms with E-state index < -0.39 is 0 Å². The molecule has 1 heterocycles. The number of ketones is 1. The number of hydrogen-bond acceptors (Lipinski definition) is 2. The Morgan fingerprint density at radius 3 is 2.57 bits per heavy atom. The monoisotopic (exact) mass is 278 g/mol. The molecule has 1 fully saturated rings. The van der Waals surface area contributed by atoms with Crippen molar-refractivity contribution in [2.75, 3.05) is 0 Å². The van der Waals surface area contributed by atoms with Crippen molar-refractivity contribution >= 4 is 5.78 Å². The van der Waals surface area contributed by atoms with Crippen molar-refractivity contribution in [3.8, 4) is 0 Å². The maximum atomic E-state index is 12.7. The Bertz CT molecular complexity index is 698. The summed E-state index contributed by atoms with van der Waals surface area (Å²) < 4.78 is 5.42. The van der Waals surface area contributed by atoms with Gasteiger partial charge in [-0.05, 0) is 47.6 Å². The molecule has 0 bridgehead atoms. The van der Waals surface area contributed by atoms with E-state index >= 15 is 0 Å². The smallest absolute Gasteiger partial charge is 0.193 e. The first-order valence-electron chi connectivity index (χ1n) is 7.65. The van der Waals surface area contributed by atoms with Gasteiger partial charge in [-0.15, -0.1) is 0 Å². The molecule has 1 aliphatic heterocycles. The third-order valence-corrected chi connectivity index (χ3v) is 4.71. The highest BCUT2D eigenvalue weighted by molar-refractivity contribution is 6.09. The predicted octanol–water partition coefficient (Wildman–Crippen LogP) is 4.22. The number of benzene rings is 2. The summed E-state index contributed by atoms with van der Waals surface area (Å²) in [5.74, 6) is 0.775. The molecule has 0 unspecified atom stereocenters. The van der Waals surface area contributed by atoms with Crippen molar-refractivity contribution in [2.24, 2.45) is 0 Å². The largest absolute Gasteiger partial charge is 0.372 e. The quantitative estimate of drug-likeness (QED) is 0.786. The van der Waals surface area contributed by atoms with Crippen molar-refractivity contribution in [1.29, 1.82) is 0 Å². The summed E-state index contributed by atoms with van der Waals surface area (Å²) in [6, 6.07) is 14.1. The van der Waals surface area contributed by atoms with Crippen molar-refractivity contribution < 1.29 is 9.53 Å². The zero-order valence-electron chi connectivity index (χ0n) is 12.0. The average Bonchev–Trinajstić information content (AvgIpc) is 2.92. The van der Waals surface area contributed by atoms with Gasteiger partial charge in [-0.2, -0.15) is 0 Å². The number of ether oxygens (including phenoxy) is 1. The van der Waals surface area contributed by atoms with Crippen molar-refractivity contribution in [2.45, 2.75) is 38.4 Å². The minimum atomic E-state index is 0.117. The van der Waals surface area contributed by atoms with Crippen LogP contribution in [0.5, 0.6) is 0 Å². The van der Waals surface area contributed by atoms with Crippen LogP contribution < -0.4 is 0 Å². The molecule has 106 valence electrons. The highest BCUT2D eigenvalue weighted by Gasteiger charge is 2.21. The van der Waals surface area contributed by atoms with Crippen LogP contribution >= 0.6 is 0 Å². The molecule has 0 aromatic heterocycles. The van der Waals surface area contributed by atoms with E-state index in [-0.39, 0.29) is 5.78 Å². The molecule has 0 radical (unpaired) electrons. The number of carbonyl (C=O) groups excluding carboxylic acids is 1. The van der Waals surface area contributed by atoms with Gasteiger partial charge < -0.3 is 4.74 Å². The fraction of sp³-hybridized carbons (Fsp3) is 0.316. The van der Waals surface area contributed by atoms with Gasteiger partial charge in [0.1, 0.15) is 0 Å². The molecule has 2 aromatic rings. The van der Waals surface area contributed by atoms with Crippen molar-refractivity contribution in [1.82, 2.24) is 0 Å². The highest BCUT2D eigenvalue weighted by atomic mass is 16.5. The molecule has 0 amide bonds. The summed E-state index contributed by atoms with van der Waals surface area (Å²) in [5.41, 5.74) is 5.24. The Hall–Kier alpha value is -1.93. The summed E-state index contributed by atoms with van der Waals surface area (Å²) in [6.07, 6.45) is 3.83. The van der Waals surface area contributed by atoms with E-state index in [1.54, 1.807) is 0 Å². The van der Waals surface area contributed by atoms with Gasteiger partial charge in [0.15, 0.2) is 5.78 Å². The van der Waals surface area contributed by atoms with E-state index in [4.69, 9.17) is 4.74 Å². The van der Waals surface area contributed by atoms with Gasteiger partial charge in [0.25, 0.3) is 0 Å². The summed E-state index contributed by atoms with van der Waals surface area (Å²) >= 11 is 0.